The summed E-state index contributed by atoms with van der Waals surface area (Å²) in [5.41, 5.74) is 2.16. The van der Waals surface area contributed by atoms with Crippen molar-refractivity contribution in [1.82, 2.24) is 10.2 Å². The quantitative estimate of drug-likeness (QED) is 0.376. The van der Waals surface area contributed by atoms with Crippen LogP contribution in [0.5, 0.6) is 0 Å². The van der Waals surface area contributed by atoms with Crippen molar-refractivity contribution in [3.8, 4) is 11.5 Å². The molecule has 0 saturated carbocycles. The van der Waals surface area contributed by atoms with Crippen LogP contribution >= 0.6 is 50.3 Å². The van der Waals surface area contributed by atoms with Gasteiger partial charge in [0, 0.05) is 19.4 Å². The lowest BCUT2D eigenvalue weighted by molar-refractivity contribution is 0.466. The van der Waals surface area contributed by atoms with Crippen LogP contribution in [0, 0.1) is 3.57 Å². The molecule has 0 N–H and O–H groups in total. The highest BCUT2D eigenvalue weighted by Crippen LogP contribution is 2.26. The average Bonchev–Trinajstić information content (AvgIpc) is 2.96. The molecule has 106 valence electrons. The van der Waals surface area contributed by atoms with Crippen LogP contribution in [0.1, 0.15) is 5.56 Å². The number of hydrogen-bond donors (Lipinski definition) is 0. The largest absolute Gasteiger partial charge is 0.411 e. The van der Waals surface area contributed by atoms with Crippen LogP contribution in [0.4, 0.5) is 0 Å². The van der Waals surface area contributed by atoms with E-state index in [-0.39, 0.29) is 0 Å². The van der Waals surface area contributed by atoms with Crippen molar-refractivity contribution < 1.29 is 4.42 Å². The summed E-state index contributed by atoms with van der Waals surface area (Å²) in [5, 5.41) is 8.77. The van der Waals surface area contributed by atoms with Crippen molar-refractivity contribution in [2.45, 2.75) is 11.0 Å². The van der Waals surface area contributed by atoms with Crippen molar-refractivity contribution in [2.75, 3.05) is 0 Å². The molecule has 1 heterocycles. The highest BCUT2D eigenvalue weighted by atomic mass is 127. The third-order valence-electron chi connectivity index (χ3n) is 2.77. The molecule has 3 rings (SSSR count). The van der Waals surface area contributed by atoms with E-state index in [4.69, 9.17) is 4.42 Å². The highest BCUT2D eigenvalue weighted by molar-refractivity contribution is 14.1. The Bertz CT molecular complexity index is 728. The summed E-state index contributed by atoms with van der Waals surface area (Å²) in [4.78, 5) is 0. The fraction of sp³-hybridized carbons (Fsp3) is 0.0667. The van der Waals surface area contributed by atoms with Gasteiger partial charge in [0.15, 0.2) is 0 Å². The average molecular weight is 473 g/mol. The first kappa shape index (κ1) is 15.1. The van der Waals surface area contributed by atoms with Crippen LogP contribution in [0.2, 0.25) is 0 Å². The number of halogens is 2. The maximum Gasteiger partial charge on any atom is 0.277 e. The van der Waals surface area contributed by atoms with Crippen molar-refractivity contribution in [2.24, 2.45) is 0 Å². The summed E-state index contributed by atoms with van der Waals surface area (Å²) in [7, 11) is 0. The predicted molar refractivity (Wildman–Crippen MR) is 96.2 cm³/mol. The minimum Gasteiger partial charge on any atom is -0.411 e. The van der Waals surface area contributed by atoms with Crippen LogP contribution in [0.15, 0.2) is 62.6 Å². The Morgan fingerprint density at radius 3 is 2.43 bits per heavy atom. The van der Waals surface area contributed by atoms with Crippen LogP contribution < -0.4 is 0 Å². The molecular formula is C15H10BrIN2OS. The number of thioether (sulfide) groups is 1. The molecule has 0 aliphatic rings. The van der Waals surface area contributed by atoms with E-state index in [0.29, 0.717) is 11.1 Å². The van der Waals surface area contributed by atoms with Gasteiger partial charge in [0.05, 0.1) is 0 Å². The SMILES string of the molecule is Brc1ccc(CSc2nnc(-c3ccc(I)cc3)o2)cc1. The van der Waals surface area contributed by atoms with Crippen LogP contribution in [0.25, 0.3) is 11.5 Å². The second-order valence-electron chi connectivity index (χ2n) is 4.30. The number of aromatic nitrogens is 2. The lowest BCUT2D eigenvalue weighted by Gasteiger charge is -1.98. The molecular weight excluding hydrogens is 463 g/mol. The van der Waals surface area contributed by atoms with Crippen molar-refractivity contribution in [3.63, 3.8) is 0 Å². The molecule has 0 aliphatic carbocycles. The highest BCUT2D eigenvalue weighted by Gasteiger charge is 2.09. The van der Waals surface area contributed by atoms with E-state index in [0.717, 1.165) is 15.8 Å². The molecule has 6 heteroatoms. The van der Waals surface area contributed by atoms with Crippen LogP contribution in [-0.4, -0.2) is 10.2 Å². The van der Waals surface area contributed by atoms with Gasteiger partial charge in [-0.15, -0.1) is 10.2 Å². The Labute approximate surface area is 148 Å². The Hall–Kier alpha value is -0.860. The second-order valence-corrected chi connectivity index (χ2v) is 7.38. The van der Waals surface area contributed by atoms with Gasteiger partial charge in [-0.25, -0.2) is 0 Å². The van der Waals surface area contributed by atoms with Gasteiger partial charge in [0.25, 0.3) is 5.22 Å². The first-order valence-electron chi connectivity index (χ1n) is 6.17. The zero-order chi connectivity index (χ0) is 14.7. The lowest BCUT2D eigenvalue weighted by Crippen LogP contribution is -1.80. The molecule has 0 aliphatic heterocycles. The molecule has 3 nitrogen and oxygen atoms in total. The Morgan fingerprint density at radius 1 is 1.00 bits per heavy atom. The molecule has 0 radical (unpaired) electrons. The molecule has 0 bridgehead atoms. The predicted octanol–water partition coefficient (Wildman–Crippen LogP) is 5.40. The number of nitrogens with zero attached hydrogens (tertiary/aromatic N) is 2. The zero-order valence-electron chi connectivity index (χ0n) is 10.8. The minimum absolute atomic E-state index is 0.560. The zero-order valence-corrected chi connectivity index (χ0v) is 15.4. The van der Waals surface area contributed by atoms with Gasteiger partial charge >= 0.3 is 0 Å². The smallest absolute Gasteiger partial charge is 0.277 e. The fourth-order valence-corrected chi connectivity index (χ4v) is 3.05. The third-order valence-corrected chi connectivity index (χ3v) is 4.91. The summed E-state index contributed by atoms with van der Waals surface area (Å²) in [6.07, 6.45) is 0. The Morgan fingerprint density at radius 2 is 1.71 bits per heavy atom. The lowest BCUT2D eigenvalue weighted by atomic mass is 10.2. The monoisotopic (exact) mass is 472 g/mol. The van der Waals surface area contributed by atoms with Gasteiger partial charge in [-0.1, -0.05) is 39.8 Å². The Balaban J connectivity index is 1.67. The summed E-state index contributed by atoms with van der Waals surface area (Å²) >= 11 is 7.24. The number of rotatable bonds is 4. The van der Waals surface area contributed by atoms with E-state index in [1.165, 1.54) is 9.13 Å². The molecule has 0 unspecified atom stereocenters. The standard InChI is InChI=1S/C15H10BrIN2OS/c16-12-5-1-10(2-6-12)9-21-15-19-18-14(20-15)11-3-7-13(17)8-4-11/h1-8H,9H2. The molecule has 0 atom stereocenters. The summed E-state index contributed by atoms with van der Waals surface area (Å²) in [6.45, 7) is 0. The van der Waals surface area contributed by atoms with E-state index in [2.05, 4.69) is 60.9 Å². The van der Waals surface area contributed by atoms with Gasteiger partial charge < -0.3 is 4.42 Å². The van der Waals surface area contributed by atoms with E-state index in [9.17, 15) is 0 Å². The normalized spacial score (nSPS) is 10.8. The molecule has 2 aromatic carbocycles. The van der Waals surface area contributed by atoms with Gasteiger partial charge in [0.1, 0.15) is 0 Å². The summed E-state index contributed by atoms with van der Waals surface area (Å²) in [5.74, 6) is 1.37. The minimum atomic E-state index is 0.560. The van der Waals surface area contributed by atoms with Gasteiger partial charge in [-0.3, -0.25) is 0 Å². The molecule has 1 aromatic heterocycles. The molecule has 0 fully saturated rings. The van der Waals surface area contributed by atoms with E-state index >= 15 is 0 Å². The van der Waals surface area contributed by atoms with Crippen molar-refractivity contribution in [1.29, 1.82) is 0 Å². The first-order chi connectivity index (χ1) is 10.2. The topological polar surface area (TPSA) is 38.9 Å². The van der Waals surface area contributed by atoms with Crippen molar-refractivity contribution >= 4 is 50.3 Å². The first-order valence-corrected chi connectivity index (χ1v) is 9.03. The second kappa shape index (κ2) is 6.93. The van der Waals surface area contributed by atoms with Gasteiger partial charge in [0.2, 0.25) is 5.89 Å². The number of hydrogen-bond acceptors (Lipinski definition) is 4. The van der Waals surface area contributed by atoms with Crippen LogP contribution in [-0.2, 0) is 5.75 Å². The molecule has 0 amide bonds. The van der Waals surface area contributed by atoms with Gasteiger partial charge in [-0.05, 0) is 64.6 Å². The van der Waals surface area contributed by atoms with Crippen LogP contribution in [0.3, 0.4) is 0 Å². The van der Waals surface area contributed by atoms with E-state index in [1.54, 1.807) is 11.8 Å². The maximum absolute atomic E-state index is 5.68. The molecule has 0 spiro atoms. The fourth-order valence-electron chi connectivity index (χ4n) is 1.70. The molecule has 0 saturated heterocycles. The van der Waals surface area contributed by atoms with Gasteiger partial charge in [-0.2, -0.15) is 0 Å². The Kier molecular flexibility index (Phi) is 4.97. The van der Waals surface area contributed by atoms with Crippen molar-refractivity contribution in [3.05, 3.63) is 62.1 Å². The molecule has 21 heavy (non-hydrogen) atoms. The number of benzene rings is 2. The summed E-state index contributed by atoms with van der Waals surface area (Å²) in [6, 6.07) is 16.2. The maximum atomic E-state index is 5.68. The molecule has 3 aromatic rings. The van der Waals surface area contributed by atoms with E-state index < -0.39 is 0 Å². The van der Waals surface area contributed by atoms with E-state index in [1.807, 2.05) is 36.4 Å². The third kappa shape index (κ3) is 4.08. The summed E-state index contributed by atoms with van der Waals surface area (Å²) < 4.78 is 7.94.